The normalized spacial score (nSPS) is 15.5. The summed E-state index contributed by atoms with van der Waals surface area (Å²) < 4.78 is 38.5. The molecule has 0 amide bonds. The lowest BCUT2D eigenvalue weighted by Crippen LogP contribution is -2.27. The van der Waals surface area contributed by atoms with Crippen LogP contribution in [0.5, 0.6) is 0 Å². The maximum atomic E-state index is 12.3. The monoisotopic (exact) mass is 390 g/mol. The highest BCUT2D eigenvalue weighted by atomic mass is 19.4. The van der Waals surface area contributed by atoms with Crippen LogP contribution in [0.1, 0.15) is 35.4 Å². The third-order valence-electron chi connectivity index (χ3n) is 3.78. The van der Waals surface area contributed by atoms with Crippen LogP contribution < -0.4 is 5.73 Å². The summed E-state index contributed by atoms with van der Waals surface area (Å²) in [5.74, 6) is -2.15. The highest BCUT2D eigenvalue weighted by Crippen LogP contribution is 2.24. The molecule has 0 spiro atoms. The number of methoxy groups -OCH3 is 1. The molecule has 1 aliphatic rings. The van der Waals surface area contributed by atoms with Crippen LogP contribution in [0.15, 0.2) is 16.3 Å². The highest BCUT2D eigenvalue weighted by molar-refractivity contribution is 6.26. The molecule has 1 aromatic rings. The number of halogens is 3. The Morgan fingerprint density at radius 1 is 1.37 bits per heavy atom. The van der Waals surface area contributed by atoms with E-state index in [1.54, 1.807) is 11.7 Å². The summed E-state index contributed by atoms with van der Waals surface area (Å²) in [6.45, 7) is 4.95. The third kappa shape index (κ3) is 5.16. The first-order valence-electron chi connectivity index (χ1n) is 7.82. The van der Waals surface area contributed by atoms with Gasteiger partial charge in [0.2, 0.25) is 5.78 Å². The van der Waals surface area contributed by atoms with E-state index >= 15 is 0 Å². The summed E-state index contributed by atoms with van der Waals surface area (Å²) >= 11 is 0. The van der Waals surface area contributed by atoms with E-state index in [1.807, 2.05) is 20.9 Å². The maximum absolute atomic E-state index is 12.3. The Morgan fingerprint density at radius 2 is 1.93 bits per heavy atom. The minimum Gasteiger partial charge on any atom is -0.475 e. The second-order valence-corrected chi connectivity index (χ2v) is 5.66. The lowest BCUT2D eigenvalue weighted by Gasteiger charge is -2.16. The number of allylic oxidation sites excluding steroid dienone is 2. The van der Waals surface area contributed by atoms with Crippen molar-refractivity contribution in [1.29, 1.82) is 0 Å². The Bertz CT molecular complexity index is 794. The van der Waals surface area contributed by atoms with E-state index in [0.717, 1.165) is 18.0 Å². The van der Waals surface area contributed by atoms with Crippen LogP contribution >= 0.6 is 0 Å². The quantitative estimate of drug-likeness (QED) is 0.754. The molecule has 3 N–H and O–H groups in total. The maximum Gasteiger partial charge on any atom is 0.490 e. The number of hydrogen-bond donors (Lipinski definition) is 2. The molecule has 1 heterocycles. The van der Waals surface area contributed by atoms with Crippen molar-refractivity contribution < 1.29 is 32.6 Å². The van der Waals surface area contributed by atoms with Gasteiger partial charge in [0, 0.05) is 32.9 Å². The molecule has 0 bridgehead atoms. The topological polar surface area (TPSA) is 120 Å². The molecule has 0 atom stereocenters. The third-order valence-corrected chi connectivity index (χ3v) is 3.78. The van der Waals surface area contributed by atoms with Gasteiger partial charge in [-0.3, -0.25) is 9.79 Å². The van der Waals surface area contributed by atoms with Gasteiger partial charge in [0.1, 0.15) is 17.2 Å². The van der Waals surface area contributed by atoms with Crippen molar-refractivity contribution in [3.8, 4) is 0 Å². The lowest BCUT2D eigenvalue weighted by atomic mass is 9.95. The number of aromatic nitrogens is 2. The summed E-state index contributed by atoms with van der Waals surface area (Å²) in [4.78, 5) is 30.2. The summed E-state index contributed by atoms with van der Waals surface area (Å²) in [7, 11) is 3.48. The summed E-state index contributed by atoms with van der Waals surface area (Å²) in [5.41, 5.74) is 8.76. The van der Waals surface area contributed by atoms with Crippen LogP contribution in [0.2, 0.25) is 0 Å². The Hall–Kier alpha value is -2.69. The fraction of sp³-hybridized carbons (Fsp3) is 0.500. The fourth-order valence-electron chi connectivity index (χ4n) is 2.23. The zero-order valence-electron chi connectivity index (χ0n) is 15.3. The number of Topliss-reactive ketones (excluding diaryl/α,β-unsaturated/α-hetero) is 1. The number of nitrogens with two attached hydrogens (primary N) is 1. The number of nitrogens with zero attached hydrogens (tertiary/aromatic N) is 3. The van der Waals surface area contributed by atoms with Crippen molar-refractivity contribution in [2.45, 2.75) is 26.4 Å². The average molecular weight is 390 g/mol. The van der Waals surface area contributed by atoms with Crippen LogP contribution in [0, 0.1) is 6.92 Å². The van der Waals surface area contributed by atoms with Gasteiger partial charge in [0.25, 0.3) is 0 Å². The highest BCUT2D eigenvalue weighted by Gasteiger charge is 2.38. The van der Waals surface area contributed by atoms with Crippen molar-refractivity contribution in [3.05, 3.63) is 28.5 Å². The minimum atomic E-state index is -5.08. The molecule has 0 aromatic carbocycles. The second kappa shape index (κ2) is 8.80. The first kappa shape index (κ1) is 22.4. The smallest absolute Gasteiger partial charge is 0.475 e. The van der Waals surface area contributed by atoms with E-state index in [4.69, 9.17) is 20.4 Å². The molecule has 0 aliphatic heterocycles. The Kier molecular flexibility index (Phi) is 7.28. The second-order valence-electron chi connectivity index (χ2n) is 5.66. The number of imidazole rings is 1. The number of carboxylic acids is 1. The number of ketones is 1. The van der Waals surface area contributed by atoms with Gasteiger partial charge in [-0.2, -0.15) is 13.2 Å². The zero-order chi connectivity index (χ0) is 20.9. The number of hydrogen-bond acceptors (Lipinski definition) is 6. The van der Waals surface area contributed by atoms with Crippen molar-refractivity contribution >= 4 is 17.5 Å². The van der Waals surface area contributed by atoms with Crippen molar-refractivity contribution in [1.82, 2.24) is 9.55 Å². The van der Waals surface area contributed by atoms with Gasteiger partial charge in [-0.05, 0) is 20.3 Å². The number of carboxylic acid groups (broad SMARTS) is 1. The Balaban J connectivity index is 0.000000445. The van der Waals surface area contributed by atoms with Crippen LogP contribution in [-0.4, -0.2) is 58.6 Å². The largest absolute Gasteiger partial charge is 0.490 e. The molecule has 8 nitrogen and oxygen atoms in total. The van der Waals surface area contributed by atoms with Gasteiger partial charge in [-0.1, -0.05) is 0 Å². The first-order valence-corrected chi connectivity index (χ1v) is 7.82. The summed E-state index contributed by atoms with van der Waals surface area (Å²) in [6, 6.07) is 0. The van der Waals surface area contributed by atoms with Gasteiger partial charge in [0.15, 0.2) is 0 Å². The first-order chi connectivity index (χ1) is 12.4. The lowest BCUT2D eigenvalue weighted by molar-refractivity contribution is -0.192. The zero-order valence-corrected chi connectivity index (χ0v) is 15.3. The van der Waals surface area contributed by atoms with Crippen molar-refractivity contribution in [3.63, 3.8) is 0 Å². The predicted molar refractivity (Wildman–Crippen MR) is 90.8 cm³/mol. The van der Waals surface area contributed by atoms with E-state index in [1.165, 1.54) is 0 Å². The standard InChI is InChI=1S/C14H20N4O2.C2HF3O2/c1-8-10(15)14(19)13-12(17-9(2)18(13)3)11(8)16-6-5-7-20-4;3-2(4,5)1(6)7/h5-7,15H2,1-4H3;(H,6,7). The van der Waals surface area contributed by atoms with Gasteiger partial charge in [-0.25, -0.2) is 9.78 Å². The number of aliphatic carboxylic acids is 1. The predicted octanol–water partition coefficient (Wildman–Crippen LogP) is 1.62. The molecule has 0 saturated carbocycles. The average Bonchev–Trinajstić information content (AvgIpc) is 2.87. The molecule has 1 aliphatic carbocycles. The molecule has 150 valence electrons. The van der Waals surface area contributed by atoms with Crippen molar-refractivity contribution in [2.24, 2.45) is 17.8 Å². The number of carbonyl (C=O) groups is 2. The molecular formula is C16H21F3N4O4. The number of rotatable bonds is 4. The number of aryl methyl sites for hydroxylation is 1. The Morgan fingerprint density at radius 3 is 2.41 bits per heavy atom. The van der Waals surface area contributed by atoms with Crippen molar-refractivity contribution in [2.75, 3.05) is 20.3 Å². The van der Waals surface area contributed by atoms with E-state index in [9.17, 15) is 18.0 Å². The molecule has 0 fully saturated rings. The number of aliphatic imine (C=N–C) groups is 1. The molecule has 2 rings (SSSR count). The van der Waals surface area contributed by atoms with E-state index < -0.39 is 12.1 Å². The van der Waals surface area contributed by atoms with Crippen LogP contribution in [0.3, 0.4) is 0 Å². The molecule has 0 saturated heterocycles. The molecular weight excluding hydrogens is 369 g/mol. The molecule has 11 heteroatoms. The van der Waals surface area contributed by atoms with E-state index in [0.29, 0.717) is 30.1 Å². The van der Waals surface area contributed by atoms with Crippen LogP contribution in [0.4, 0.5) is 13.2 Å². The van der Waals surface area contributed by atoms with E-state index in [-0.39, 0.29) is 11.5 Å². The van der Waals surface area contributed by atoms with Gasteiger partial charge < -0.3 is 20.1 Å². The molecule has 0 unspecified atom stereocenters. The summed E-state index contributed by atoms with van der Waals surface area (Å²) in [5, 5.41) is 7.12. The van der Waals surface area contributed by atoms with Gasteiger partial charge >= 0.3 is 12.1 Å². The van der Waals surface area contributed by atoms with Gasteiger partial charge in [0.05, 0.1) is 11.4 Å². The van der Waals surface area contributed by atoms with Gasteiger partial charge in [-0.15, -0.1) is 0 Å². The molecule has 0 radical (unpaired) electrons. The number of alkyl halides is 3. The van der Waals surface area contributed by atoms with E-state index in [2.05, 4.69) is 9.98 Å². The fourth-order valence-corrected chi connectivity index (χ4v) is 2.23. The Labute approximate surface area is 153 Å². The number of carbonyl (C=O) groups excluding carboxylic acids is 1. The number of fused-ring (bicyclic) bond motifs is 1. The summed E-state index contributed by atoms with van der Waals surface area (Å²) in [6.07, 6.45) is -4.26. The molecule has 27 heavy (non-hydrogen) atoms. The minimum absolute atomic E-state index is 0.170. The van der Waals surface area contributed by atoms with Crippen LogP contribution in [0.25, 0.3) is 0 Å². The van der Waals surface area contributed by atoms with Crippen LogP contribution in [-0.2, 0) is 16.6 Å². The SMILES string of the molecule is COCCCN=C1C(C)=C(N)C(=O)c2c1nc(C)n2C.O=C(O)C(F)(F)F. The molecule has 1 aromatic heterocycles. The number of ether oxygens (including phenoxy) is 1.